The van der Waals surface area contributed by atoms with Gasteiger partial charge in [0.25, 0.3) is 0 Å². The molecule has 0 aliphatic heterocycles. The van der Waals surface area contributed by atoms with Crippen LogP contribution in [-0.2, 0) is 0 Å². The second-order valence-electron chi connectivity index (χ2n) is 3.31. The molecule has 2 rings (SSSR count). The van der Waals surface area contributed by atoms with Crippen molar-refractivity contribution in [2.75, 3.05) is 18.2 Å². The molecular weight excluding hydrogens is 234 g/mol. The van der Waals surface area contributed by atoms with Crippen LogP contribution in [0.1, 0.15) is 5.56 Å². The van der Waals surface area contributed by atoms with Gasteiger partial charge >= 0.3 is 0 Å². The Morgan fingerprint density at radius 2 is 2.12 bits per heavy atom. The third kappa shape index (κ3) is 2.33. The molecule has 0 radical (unpaired) electrons. The van der Waals surface area contributed by atoms with Crippen LogP contribution in [0.15, 0.2) is 24.3 Å². The molecule has 0 spiro atoms. The second-order valence-corrected chi connectivity index (χ2v) is 3.55. The number of benzene rings is 1. The zero-order valence-electron chi connectivity index (χ0n) is 9.21. The Morgan fingerprint density at radius 1 is 1.41 bits per heavy atom. The van der Waals surface area contributed by atoms with Crippen LogP contribution in [0.5, 0.6) is 0 Å². The molecule has 1 aromatic carbocycles. The van der Waals surface area contributed by atoms with Crippen molar-refractivity contribution in [2.45, 2.75) is 0 Å². The van der Waals surface area contributed by atoms with E-state index in [2.05, 4.69) is 32.7 Å². The molecule has 86 valence electrons. The van der Waals surface area contributed by atoms with Crippen LogP contribution in [-0.4, -0.2) is 26.9 Å². The molecule has 1 aromatic heterocycles. The van der Waals surface area contributed by atoms with Gasteiger partial charge in [-0.3, -0.25) is 0 Å². The van der Waals surface area contributed by atoms with Gasteiger partial charge < -0.3 is 11.2 Å². The molecule has 0 bridgehead atoms. The Kier molecular flexibility index (Phi) is 3.18. The SMILES string of the molecule is CNn1nc(-c2ccc(C=C=S)cc2)nc1N. The number of hydrogen-bond acceptors (Lipinski definition) is 5. The van der Waals surface area contributed by atoms with Gasteiger partial charge in [-0.15, -0.1) is 9.89 Å². The quantitative estimate of drug-likeness (QED) is 0.798. The highest BCUT2D eigenvalue weighted by Crippen LogP contribution is 2.17. The first-order valence-corrected chi connectivity index (χ1v) is 5.37. The van der Waals surface area contributed by atoms with Crippen molar-refractivity contribution in [3.8, 4) is 11.4 Å². The number of anilines is 1. The fourth-order valence-corrected chi connectivity index (χ4v) is 1.54. The van der Waals surface area contributed by atoms with Gasteiger partial charge in [0.15, 0.2) is 5.82 Å². The smallest absolute Gasteiger partial charge is 0.239 e. The lowest BCUT2D eigenvalue weighted by Crippen LogP contribution is -2.13. The summed E-state index contributed by atoms with van der Waals surface area (Å²) in [4.78, 5) is 5.56. The summed E-state index contributed by atoms with van der Waals surface area (Å²) < 4.78 is 0. The molecule has 5 nitrogen and oxygen atoms in total. The minimum absolute atomic E-state index is 0.324. The largest absolute Gasteiger partial charge is 0.367 e. The van der Waals surface area contributed by atoms with E-state index in [1.54, 1.807) is 13.1 Å². The molecule has 6 heteroatoms. The van der Waals surface area contributed by atoms with E-state index in [4.69, 9.17) is 5.73 Å². The lowest BCUT2D eigenvalue weighted by atomic mass is 10.1. The molecule has 0 aliphatic rings. The molecule has 0 saturated carbocycles. The van der Waals surface area contributed by atoms with Gasteiger partial charge in [-0.2, -0.15) is 4.98 Å². The van der Waals surface area contributed by atoms with Crippen LogP contribution in [0, 0.1) is 0 Å². The summed E-state index contributed by atoms with van der Waals surface area (Å²) in [5.74, 6) is 0.903. The van der Waals surface area contributed by atoms with E-state index >= 15 is 0 Å². The Labute approximate surface area is 104 Å². The predicted octanol–water partition coefficient (Wildman–Crippen LogP) is 1.31. The molecule has 0 saturated heterocycles. The summed E-state index contributed by atoms with van der Waals surface area (Å²) in [6, 6.07) is 7.66. The highest BCUT2D eigenvalue weighted by molar-refractivity contribution is 7.78. The summed E-state index contributed by atoms with van der Waals surface area (Å²) in [6.07, 6.45) is 1.73. The first-order chi connectivity index (χ1) is 8.24. The minimum Gasteiger partial charge on any atom is -0.367 e. The summed E-state index contributed by atoms with van der Waals surface area (Å²) >= 11 is 4.64. The Bertz CT molecular complexity index is 566. The fraction of sp³-hybridized carbons (Fsp3) is 0.0909. The zero-order chi connectivity index (χ0) is 12.3. The monoisotopic (exact) mass is 245 g/mol. The molecule has 0 fully saturated rings. The number of rotatable bonds is 3. The van der Waals surface area contributed by atoms with Crippen LogP contribution in [0.2, 0.25) is 0 Å². The summed E-state index contributed by atoms with van der Waals surface area (Å²) in [5, 5.41) is 6.76. The molecule has 0 unspecified atom stereocenters. The van der Waals surface area contributed by atoms with E-state index in [0.717, 1.165) is 11.1 Å². The van der Waals surface area contributed by atoms with E-state index in [1.165, 1.54) is 4.79 Å². The van der Waals surface area contributed by atoms with Crippen LogP contribution < -0.4 is 11.2 Å². The van der Waals surface area contributed by atoms with Gasteiger partial charge in [-0.05, 0) is 28.9 Å². The van der Waals surface area contributed by atoms with Crippen LogP contribution in [0.4, 0.5) is 5.95 Å². The lowest BCUT2D eigenvalue weighted by molar-refractivity contribution is 0.795. The van der Waals surface area contributed by atoms with Crippen molar-refractivity contribution in [1.82, 2.24) is 14.9 Å². The van der Waals surface area contributed by atoms with E-state index in [1.807, 2.05) is 24.3 Å². The average Bonchev–Trinajstić information content (AvgIpc) is 2.72. The van der Waals surface area contributed by atoms with Gasteiger partial charge in [0.2, 0.25) is 5.95 Å². The first kappa shape index (κ1) is 11.3. The average molecular weight is 245 g/mol. The summed E-state index contributed by atoms with van der Waals surface area (Å²) in [5.41, 5.74) is 10.4. The molecular formula is C11H11N5S. The minimum atomic E-state index is 0.324. The van der Waals surface area contributed by atoms with Gasteiger partial charge in [0.1, 0.15) is 0 Å². The van der Waals surface area contributed by atoms with Gasteiger partial charge in [0, 0.05) is 12.6 Å². The van der Waals surface area contributed by atoms with Crippen molar-refractivity contribution >= 4 is 29.3 Å². The summed E-state index contributed by atoms with van der Waals surface area (Å²) in [7, 11) is 1.72. The molecule has 0 aliphatic carbocycles. The number of nitrogen functional groups attached to an aromatic ring is 1. The third-order valence-electron chi connectivity index (χ3n) is 2.24. The normalized spacial score (nSPS) is 9.71. The molecule has 2 aromatic rings. The van der Waals surface area contributed by atoms with Crippen molar-refractivity contribution < 1.29 is 0 Å². The first-order valence-electron chi connectivity index (χ1n) is 4.96. The van der Waals surface area contributed by atoms with Gasteiger partial charge in [-0.25, -0.2) is 0 Å². The zero-order valence-corrected chi connectivity index (χ0v) is 10.0. The van der Waals surface area contributed by atoms with Crippen molar-refractivity contribution in [2.24, 2.45) is 0 Å². The number of aromatic nitrogens is 3. The van der Waals surface area contributed by atoms with E-state index in [9.17, 15) is 0 Å². The fourth-order valence-electron chi connectivity index (χ4n) is 1.41. The van der Waals surface area contributed by atoms with Crippen molar-refractivity contribution in [1.29, 1.82) is 0 Å². The maximum Gasteiger partial charge on any atom is 0.239 e. The Hall–Kier alpha value is -2.17. The topological polar surface area (TPSA) is 68.8 Å². The number of thiocarbonyl (C=S) groups is 1. The highest BCUT2D eigenvalue weighted by atomic mass is 32.1. The van der Waals surface area contributed by atoms with E-state index in [-0.39, 0.29) is 0 Å². The molecule has 3 N–H and O–H groups in total. The van der Waals surface area contributed by atoms with Crippen LogP contribution in [0.25, 0.3) is 17.5 Å². The number of nitrogens with one attached hydrogen (secondary N) is 1. The van der Waals surface area contributed by atoms with Gasteiger partial charge in [-0.1, -0.05) is 24.3 Å². The third-order valence-corrected chi connectivity index (χ3v) is 2.36. The molecule has 0 amide bonds. The standard InChI is InChI=1S/C11H11N5S/c1-13-16-11(12)14-10(15-16)9-4-2-8(3-5-9)6-7-17/h2-6,13H,1H3,(H2,12,14,15). The number of hydrogen-bond donors (Lipinski definition) is 2. The number of nitrogens with two attached hydrogens (primary N) is 1. The predicted molar refractivity (Wildman–Crippen MR) is 72.2 cm³/mol. The van der Waals surface area contributed by atoms with Crippen molar-refractivity contribution in [3.05, 3.63) is 29.8 Å². The molecule has 0 atom stereocenters. The van der Waals surface area contributed by atoms with Crippen LogP contribution >= 0.6 is 12.2 Å². The second kappa shape index (κ2) is 4.78. The van der Waals surface area contributed by atoms with Gasteiger partial charge in [0.05, 0.1) is 0 Å². The Balaban J connectivity index is 2.35. The Morgan fingerprint density at radius 3 is 2.65 bits per heavy atom. The molecule has 17 heavy (non-hydrogen) atoms. The summed E-state index contributed by atoms with van der Waals surface area (Å²) in [6.45, 7) is 0. The van der Waals surface area contributed by atoms with E-state index < -0.39 is 0 Å². The maximum atomic E-state index is 5.66. The molecule has 1 heterocycles. The lowest BCUT2D eigenvalue weighted by Gasteiger charge is -1.97. The van der Waals surface area contributed by atoms with Crippen LogP contribution in [0.3, 0.4) is 0 Å². The highest BCUT2D eigenvalue weighted by Gasteiger charge is 2.07. The van der Waals surface area contributed by atoms with E-state index in [0.29, 0.717) is 11.8 Å². The number of nitrogens with zero attached hydrogens (tertiary/aromatic N) is 3. The maximum absolute atomic E-state index is 5.66. The van der Waals surface area contributed by atoms with Crippen molar-refractivity contribution in [3.63, 3.8) is 0 Å².